The molecule has 0 saturated carbocycles. The summed E-state index contributed by atoms with van der Waals surface area (Å²) >= 11 is 3.61. The molecule has 0 aromatic heterocycles. The number of nitrogens with zero attached hydrogens (tertiary/aromatic N) is 1. The van der Waals surface area contributed by atoms with Gasteiger partial charge in [0, 0.05) is 17.6 Å². The predicted octanol–water partition coefficient (Wildman–Crippen LogP) is 2.74. The molecule has 1 atom stereocenters. The average Bonchev–Trinajstić information content (AvgIpc) is 2.18. The van der Waals surface area contributed by atoms with Crippen LogP contribution in [0.15, 0.2) is 28.7 Å². The van der Waals surface area contributed by atoms with Crippen molar-refractivity contribution >= 4 is 15.9 Å². The fourth-order valence-electron chi connectivity index (χ4n) is 2.34. The molecule has 1 aromatic carbocycles. The van der Waals surface area contributed by atoms with E-state index in [4.69, 9.17) is 0 Å². The summed E-state index contributed by atoms with van der Waals surface area (Å²) in [6.07, 6.45) is 0. The number of hydrogen-bond acceptors (Lipinski definition) is 2. The third kappa shape index (κ3) is 3.54. The van der Waals surface area contributed by atoms with Gasteiger partial charge in [0.15, 0.2) is 0 Å². The highest BCUT2D eigenvalue weighted by Crippen LogP contribution is 2.20. The predicted molar refractivity (Wildman–Crippen MR) is 76.0 cm³/mol. The summed E-state index contributed by atoms with van der Waals surface area (Å²) in [4.78, 5) is 2.42. The molecule has 94 valence electrons. The lowest BCUT2D eigenvalue weighted by atomic mass is 9.88. The topological polar surface area (TPSA) is 15.3 Å². The first-order valence-electron chi connectivity index (χ1n) is 6.29. The van der Waals surface area contributed by atoms with Crippen LogP contribution in [0.5, 0.6) is 0 Å². The Morgan fingerprint density at radius 2 is 2.12 bits per heavy atom. The number of benzene rings is 1. The third-order valence-corrected chi connectivity index (χ3v) is 4.39. The number of halogens is 1. The quantitative estimate of drug-likeness (QED) is 0.899. The summed E-state index contributed by atoms with van der Waals surface area (Å²) in [5.41, 5.74) is 1.37. The molecule has 1 aliphatic heterocycles. The molecule has 2 nitrogen and oxygen atoms in total. The Morgan fingerprint density at radius 1 is 1.41 bits per heavy atom. The minimum atomic E-state index is 0.781. The van der Waals surface area contributed by atoms with E-state index < -0.39 is 0 Å². The highest BCUT2D eigenvalue weighted by molar-refractivity contribution is 9.10. The third-order valence-electron chi connectivity index (χ3n) is 3.62. The lowest BCUT2D eigenvalue weighted by Gasteiger charge is -2.34. The van der Waals surface area contributed by atoms with E-state index in [0.717, 1.165) is 18.4 Å². The summed E-state index contributed by atoms with van der Waals surface area (Å²) in [6.45, 7) is 6.95. The molecular formula is C14H21BrN2. The standard InChI is InChI=1S/C14H21BrN2/c1-11(13-7-16-8-13)9-17(2)10-12-5-3-4-6-14(12)15/h3-6,11,13,16H,7-10H2,1-2H3. The molecule has 0 aliphatic carbocycles. The molecule has 1 saturated heterocycles. The molecule has 3 heteroatoms. The van der Waals surface area contributed by atoms with Crippen molar-refractivity contribution in [2.24, 2.45) is 11.8 Å². The van der Waals surface area contributed by atoms with Crippen molar-refractivity contribution in [1.29, 1.82) is 0 Å². The van der Waals surface area contributed by atoms with E-state index in [2.05, 4.69) is 64.4 Å². The van der Waals surface area contributed by atoms with Crippen molar-refractivity contribution in [3.05, 3.63) is 34.3 Å². The van der Waals surface area contributed by atoms with Crippen LogP contribution >= 0.6 is 15.9 Å². The van der Waals surface area contributed by atoms with Crippen LogP contribution in [0.4, 0.5) is 0 Å². The highest BCUT2D eigenvalue weighted by atomic mass is 79.9. The molecule has 0 bridgehead atoms. The molecule has 0 amide bonds. The zero-order valence-corrected chi connectivity index (χ0v) is 12.2. The Morgan fingerprint density at radius 3 is 2.71 bits per heavy atom. The van der Waals surface area contributed by atoms with Gasteiger partial charge < -0.3 is 10.2 Å². The molecule has 0 spiro atoms. The molecule has 1 aliphatic rings. The van der Waals surface area contributed by atoms with Gasteiger partial charge in [-0.2, -0.15) is 0 Å². The molecule has 1 fully saturated rings. The van der Waals surface area contributed by atoms with Crippen LogP contribution < -0.4 is 5.32 Å². The maximum atomic E-state index is 3.61. The molecule has 2 rings (SSSR count). The summed E-state index contributed by atoms with van der Waals surface area (Å²) in [5, 5.41) is 3.35. The van der Waals surface area contributed by atoms with Crippen molar-refractivity contribution in [3.63, 3.8) is 0 Å². The summed E-state index contributed by atoms with van der Waals surface area (Å²) in [7, 11) is 2.21. The Balaban J connectivity index is 1.84. The van der Waals surface area contributed by atoms with Crippen LogP contribution in [0, 0.1) is 11.8 Å². The van der Waals surface area contributed by atoms with Crippen LogP contribution in [-0.4, -0.2) is 31.6 Å². The van der Waals surface area contributed by atoms with Gasteiger partial charge in [0.25, 0.3) is 0 Å². The van der Waals surface area contributed by atoms with Crippen LogP contribution in [0.3, 0.4) is 0 Å². The second-order valence-corrected chi connectivity index (χ2v) is 6.04. The van der Waals surface area contributed by atoms with Crippen LogP contribution in [0.25, 0.3) is 0 Å². The Kier molecular flexibility index (Phi) is 4.60. The van der Waals surface area contributed by atoms with Gasteiger partial charge in [-0.05, 0) is 43.6 Å². The Hall–Kier alpha value is -0.380. The van der Waals surface area contributed by atoms with Crippen molar-refractivity contribution in [3.8, 4) is 0 Å². The smallest absolute Gasteiger partial charge is 0.0242 e. The summed E-state index contributed by atoms with van der Waals surface area (Å²) < 4.78 is 1.21. The molecule has 0 radical (unpaired) electrons. The van der Waals surface area contributed by atoms with Crippen LogP contribution in [0.1, 0.15) is 12.5 Å². The van der Waals surface area contributed by atoms with Gasteiger partial charge in [0.1, 0.15) is 0 Å². The molecule has 1 heterocycles. The molecule has 17 heavy (non-hydrogen) atoms. The SMILES string of the molecule is CC(CN(C)Cc1ccccc1Br)C1CNC1. The highest BCUT2D eigenvalue weighted by Gasteiger charge is 2.24. The lowest BCUT2D eigenvalue weighted by Crippen LogP contribution is -2.47. The maximum absolute atomic E-state index is 3.61. The van der Waals surface area contributed by atoms with E-state index >= 15 is 0 Å². The van der Waals surface area contributed by atoms with Gasteiger partial charge in [-0.1, -0.05) is 41.1 Å². The molecule has 1 unspecified atom stereocenters. The van der Waals surface area contributed by atoms with Crippen molar-refractivity contribution in [1.82, 2.24) is 10.2 Å². The minimum absolute atomic E-state index is 0.781. The number of nitrogens with one attached hydrogen (secondary N) is 1. The molecular weight excluding hydrogens is 276 g/mol. The lowest BCUT2D eigenvalue weighted by molar-refractivity contribution is 0.182. The summed E-state index contributed by atoms with van der Waals surface area (Å²) in [6, 6.07) is 8.47. The van der Waals surface area contributed by atoms with E-state index in [1.54, 1.807) is 0 Å². The van der Waals surface area contributed by atoms with E-state index in [0.29, 0.717) is 0 Å². The molecule has 1 N–H and O–H groups in total. The molecule has 1 aromatic rings. The van der Waals surface area contributed by atoms with Gasteiger partial charge in [-0.3, -0.25) is 0 Å². The van der Waals surface area contributed by atoms with E-state index in [-0.39, 0.29) is 0 Å². The first kappa shape index (κ1) is 13.1. The fraction of sp³-hybridized carbons (Fsp3) is 0.571. The largest absolute Gasteiger partial charge is 0.316 e. The zero-order valence-electron chi connectivity index (χ0n) is 10.6. The average molecular weight is 297 g/mol. The normalized spacial score (nSPS) is 18.1. The Labute approximate surface area is 113 Å². The monoisotopic (exact) mass is 296 g/mol. The van der Waals surface area contributed by atoms with Gasteiger partial charge in [0.05, 0.1) is 0 Å². The van der Waals surface area contributed by atoms with Crippen molar-refractivity contribution in [2.75, 3.05) is 26.7 Å². The van der Waals surface area contributed by atoms with Crippen LogP contribution in [-0.2, 0) is 6.54 Å². The zero-order chi connectivity index (χ0) is 12.3. The van der Waals surface area contributed by atoms with Crippen molar-refractivity contribution < 1.29 is 0 Å². The fourth-order valence-corrected chi connectivity index (χ4v) is 2.75. The minimum Gasteiger partial charge on any atom is -0.316 e. The number of hydrogen-bond donors (Lipinski definition) is 1. The van der Waals surface area contributed by atoms with Gasteiger partial charge in [0.2, 0.25) is 0 Å². The maximum Gasteiger partial charge on any atom is 0.0242 e. The van der Waals surface area contributed by atoms with Crippen LogP contribution in [0.2, 0.25) is 0 Å². The van der Waals surface area contributed by atoms with Gasteiger partial charge >= 0.3 is 0 Å². The van der Waals surface area contributed by atoms with Gasteiger partial charge in [-0.15, -0.1) is 0 Å². The van der Waals surface area contributed by atoms with E-state index in [9.17, 15) is 0 Å². The van der Waals surface area contributed by atoms with Crippen molar-refractivity contribution in [2.45, 2.75) is 13.5 Å². The second-order valence-electron chi connectivity index (χ2n) is 5.18. The van der Waals surface area contributed by atoms with E-state index in [1.807, 2.05) is 0 Å². The number of rotatable bonds is 5. The first-order valence-corrected chi connectivity index (χ1v) is 7.09. The van der Waals surface area contributed by atoms with E-state index in [1.165, 1.54) is 29.7 Å². The second kappa shape index (κ2) is 5.98. The first-order chi connectivity index (χ1) is 8.16. The summed E-state index contributed by atoms with van der Waals surface area (Å²) in [5.74, 6) is 1.65. The van der Waals surface area contributed by atoms with Gasteiger partial charge in [-0.25, -0.2) is 0 Å². The Bertz CT molecular complexity index is 363.